The predicted molar refractivity (Wildman–Crippen MR) is 64.1 cm³/mol. The van der Waals surface area contributed by atoms with E-state index in [9.17, 15) is 13.2 Å². The van der Waals surface area contributed by atoms with Crippen molar-refractivity contribution in [2.24, 2.45) is 12.8 Å². The standard InChI is InChI=1S/C9H16N4O4S/c1-13-5-7(11-6-13)4-12-18(16,17)3-2-8(10)9(14)15/h5-6,8,12H,2-4,10H2,1H3,(H,14,15)/t8-/m0/s1. The SMILES string of the molecule is Cn1cnc(CNS(=O)(=O)CC[C@H](N)C(=O)O)c1. The predicted octanol–water partition coefficient (Wildman–Crippen LogP) is -1.36. The molecular formula is C9H16N4O4S. The molecule has 1 aromatic rings. The highest BCUT2D eigenvalue weighted by atomic mass is 32.2. The largest absolute Gasteiger partial charge is 0.480 e. The van der Waals surface area contributed by atoms with Gasteiger partial charge in [-0.05, 0) is 6.42 Å². The fourth-order valence-electron chi connectivity index (χ4n) is 1.22. The van der Waals surface area contributed by atoms with Crippen molar-refractivity contribution in [1.82, 2.24) is 14.3 Å². The zero-order valence-electron chi connectivity index (χ0n) is 9.91. The maximum atomic E-state index is 11.5. The molecule has 0 amide bonds. The van der Waals surface area contributed by atoms with Crippen LogP contribution in [0.2, 0.25) is 0 Å². The molecule has 0 radical (unpaired) electrons. The van der Waals surface area contributed by atoms with Crippen LogP contribution in [0.15, 0.2) is 12.5 Å². The third-order valence-electron chi connectivity index (χ3n) is 2.25. The molecule has 1 atom stereocenters. The van der Waals surface area contributed by atoms with Gasteiger partial charge in [-0.3, -0.25) is 4.79 Å². The van der Waals surface area contributed by atoms with E-state index in [2.05, 4.69) is 9.71 Å². The lowest BCUT2D eigenvalue weighted by Crippen LogP contribution is -2.35. The molecule has 0 aliphatic heterocycles. The van der Waals surface area contributed by atoms with Gasteiger partial charge in [0.05, 0.1) is 24.3 Å². The second kappa shape index (κ2) is 5.94. The van der Waals surface area contributed by atoms with E-state index in [1.807, 2.05) is 0 Å². The zero-order chi connectivity index (χ0) is 13.8. The molecule has 102 valence electrons. The summed E-state index contributed by atoms with van der Waals surface area (Å²) in [5.74, 6) is -1.54. The number of imidazole rings is 1. The number of nitrogens with two attached hydrogens (primary N) is 1. The first-order valence-electron chi connectivity index (χ1n) is 5.23. The summed E-state index contributed by atoms with van der Waals surface area (Å²) in [5, 5.41) is 8.54. The number of rotatable bonds is 7. The van der Waals surface area contributed by atoms with Crippen molar-refractivity contribution in [3.8, 4) is 0 Å². The van der Waals surface area contributed by atoms with Crippen molar-refractivity contribution < 1.29 is 18.3 Å². The quantitative estimate of drug-likeness (QED) is 0.564. The number of aliphatic carboxylic acids is 1. The van der Waals surface area contributed by atoms with E-state index in [1.165, 1.54) is 0 Å². The molecule has 4 N–H and O–H groups in total. The molecule has 0 aliphatic carbocycles. The topological polar surface area (TPSA) is 127 Å². The summed E-state index contributed by atoms with van der Waals surface area (Å²) in [6.45, 7) is 0.0749. The van der Waals surface area contributed by atoms with Gasteiger partial charge in [0.15, 0.2) is 0 Å². The van der Waals surface area contributed by atoms with Crippen LogP contribution in [0.25, 0.3) is 0 Å². The average molecular weight is 276 g/mol. The molecule has 0 saturated carbocycles. The van der Waals surface area contributed by atoms with Crippen LogP contribution in [0.5, 0.6) is 0 Å². The van der Waals surface area contributed by atoms with Crippen LogP contribution < -0.4 is 10.5 Å². The molecule has 18 heavy (non-hydrogen) atoms. The van der Waals surface area contributed by atoms with Crippen molar-refractivity contribution in [2.75, 3.05) is 5.75 Å². The van der Waals surface area contributed by atoms with Crippen LogP contribution in [0.3, 0.4) is 0 Å². The molecule has 0 aliphatic rings. The number of aryl methyl sites for hydroxylation is 1. The van der Waals surface area contributed by atoms with E-state index in [-0.39, 0.29) is 18.7 Å². The lowest BCUT2D eigenvalue weighted by Gasteiger charge is -2.07. The number of carboxylic acids is 1. The maximum Gasteiger partial charge on any atom is 0.320 e. The number of carbonyl (C=O) groups is 1. The summed E-state index contributed by atoms with van der Waals surface area (Å²) >= 11 is 0. The normalized spacial score (nSPS) is 13.4. The van der Waals surface area contributed by atoms with Crippen molar-refractivity contribution in [3.63, 3.8) is 0 Å². The van der Waals surface area contributed by atoms with E-state index >= 15 is 0 Å². The smallest absolute Gasteiger partial charge is 0.320 e. The van der Waals surface area contributed by atoms with Gasteiger partial charge in [-0.1, -0.05) is 0 Å². The molecule has 0 bridgehead atoms. The number of nitrogens with zero attached hydrogens (tertiary/aromatic N) is 2. The van der Waals surface area contributed by atoms with Crippen LogP contribution in [0.4, 0.5) is 0 Å². The fraction of sp³-hybridized carbons (Fsp3) is 0.556. The molecule has 1 heterocycles. The molecule has 0 unspecified atom stereocenters. The first-order chi connectivity index (χ1) is 8.30. The third-order valence-corrected chi connectivity index (χ3v) is 3.60. The van der Waals surface area contributed by atoms with Crippen molar-refractivity contribution in [2.45, 2.75) is 19.0 Å². The van der Waals surface area contributed by atoms with Crippen molar-refractivity contribution in [1.29, 1.82) is 0 Å². The Morgan fingerprint density at radius 3 is 2.83 bits per heavy atom. The lowest BCUT2D eigenvalue weighted by atomic mass is 10.2. The Morgan fingerprint density at radius 2 is 2.33 bits per heavy atom. The summed E-state index contributed by atoms with van der Waals surface area (Å²) in [6, 6.07) is -1.17. The average Bonchev–Trinajstić information content (AvgIpc) is 2.69. The fourth-order valence-corrected chi connectivity index (χ4v) is 2.30. The number of aromatic nitrogens is 2. The number of carboxylic acid groups (broad SMARTS) is 1. The van der Waals surface area contributed by atoms with Gasteiger partial charge >= 0.3 is 5.97 Å². The number of nitrogens with one attached hydrogen (secondary N) is 1. The lowest BCUT2D eigenvalue weighted by molar-refractivity contribution is -0.138. The highest BCUT2D eigenvalue weighted by molar-refractivity contribution is 7.89. The molecular weight excluding hydrogens is 260 g/mol. The van der Waals surface area contributed by atoms with E-state index in [0.717, 1.165) is 0 Å². The van der Waals surface area contributed by atoms with Gasteiger partial charge in [-0.15, -0.1) is 0 Å². The van der Waals surface area contributed by atoms with Crippen molar-refractivity contribution in [3.05, 3.63) is 18.2 Å². The van der Waals surface area contributed by atoms with E-state index < -0.39 is 22.0 Å². The van der Waals surface area contributed by atoms with Crippen LogP contribution in [0.1, 0.15) is 12.1 Å². The van der Waals surface area contributed by atoms with Gasteiger partial charge in [0.25, 0.3) is 0 Å². The highest BCUT2D eigenvalue weighted by Crippen LogP contribution is 1.98. The minimum atomic E-state index is -3.54. The van der Waals surface area contributed by atoms with Crippen LogP contribution >= 0.6 is 0 Å². The van der Waals surface area contributed by atoms with Gasteiger partial charge in [-0.2, -0.15) is 0 Å². The number of sulfonamides is 1. The van der Waals surface area contributed by atoms with Gasteiger partial charge in [-0.25, -0.2) is 18.1 Å². The Kier molecular flexibility index (Phi) is 4.82. The third kappa shape index (κ3) is 4.82. The van der Waals surface area contributed by atoms with Gasteiger partial charge in [0, 0.05) is 13.2 Å². The Bertz CT molecular complexity index is 510. The Balaban J connectivity index is 2.43. The zero-order valence-corrected chi connectivity index (χ0v) is 10.7. The summed E-state index contributed by atoms with van der Waals surface area (Å²) < 4.78 is 27.1. The Labute approximate surface area is 105 Å². The summed E-state index contributed by atoms with van der Waals surface area (Å²) in [6.07, 6.45) is 3.11. The molecule has 8 nitrogen and oxygen atoms in total. The minimum Gasteiger partial charge on any atom is -0.480 e. The number of hydrogen-bond donors (Lipinski definition) is 3. The maximum absolute atomic E-state index is 11.5. The second-order valence-corrected chi connectivity index (χ2v) is 5.83. The summed E-state index contributed by atoms with van der Waals surface area (Å²) in [4.78, 5) is 14.4. The molecule has 1 aromatic heterocycles. The summed E-state index contributed by atoms with van der Waals surface area (Å²) in [5.41, 5.74) is 5.81. The van der Waals surface area contributed by atoms with Gasteiger partial charge in [0.1, 0.15) is 6.04 Å². The van der Waals surface area contributed by atoms with Crippen LogP contribution in [-0.4, -0.2) is 40.8 Å². The van der Waals surface area contributed by atoms with Crippen LogP contribution in [-0.2, 0) is 28.4 Å². The minimum absolute atomic E-state index is 0.0749. The molecule has 0 saturated heterocycles. The highest BCUT2D eigenvalue weighted by Gasteiger charge is 2.17. The van der Waals surface area contributed by atoms with Gasteiger partial charge < -0.3 is 15.4 Å². The monoisotopic (exact) mass is 276 g/mol. The first kappa shape index (κ1) is 14.6. The molecule has 0 fully saturated rings. The number of hydrogen-bond acceptors (Lipinski definition) is 5. The summed E-state index contributed by atoms with van der Waals surface area (Å²) in [7, 11) is -1.77. The second-order valence-electron chi connectivity index (χ2n) is 3.90. The van der Waals surface area contributed by atoms with E-state index in [0.29, 0.717) is 5.69 Å². The van der Waals surface area contributed by atoms with Crippen molar-refractivity contribution >= 4 is 16.0 Å². The molecule has 1 rings (SSSR count). The molecule has 9 heteroatoms. The molecule has 0 spiro atoms. The van der Waals surface area contributed by atoms with Gasteiger partial charge in [0.2, 0.25) is 10.0 Å². The Morgan fingerprint density at radius 1 is 1.67 bits per heavy atom. The van der Waals surface area contributed by atoms with E-state index in [1.54, 1.807) is 24.1 Å². The first-order valence-corrected chi connectivity index (χ1v) is 6.88. The van der Waals surface area contributed by atoms with E-state index in [4.69, 9.17) is 10.8 Å². The Hall–Kier alpha value is -1.45. The molecule has 0 aromatic carbocycles. The van der Waals surface area contributed by atoms with Crippen LogP contribution in [0, 0.1) is 0 Å².